The van der Waals surface area contributed by atoms with Gasteiger partial charge in [0.2, 0.25) is 0 Å². The molecule has 0 fully saturated rings. The number of aliphatic carboxylic acids is 2. The number of hydrogen-bond donors (Lipinski definition) is 0. The fraction of sp³-hybridized carbons (Fsp3) is 0.722. The molecule has 0 bridgehead atoms. The van der Waals surface area contributed by atoms with Crippen molar-refractivity contribution in [1.29, 1.82) is 0 Å². The van der Waals surface area contributed by atoms with Crippen LogP contribution in [0, 0.1) is 0 Å². The number of carbonyl (C=O) groups excluding carboxylic acids is 2. The second-order valence-electron chi connectivity index (χ2n) is 10.7. The van der Waals surface area contributed by atoms with Crippen molar-refractivity contribution in [3.05, 3.63) is 48.6 Å². The normalized spacial score (nSPS) is 11.4. The van der Waals surface area contributed by atoms with E-state index in [-0.39, 0.29) is 40.5 Å². The molecule has 41 heavy (non-hydrogen) atoms. The molecule has 0 aliphatic carbocycles. The van der Waals surface area contributed by atoms with Crippen LogP contribution in [0.1, 0.15) is 168 Å². The van der Waals surface area contributed by atoms with Gasteiger partial charge in [0, 0.05) is 11.9 Å². The molecule has 0 spiro atoms. The summed E-state index contributed by atoms with van der Waals surface area (Å²) in [6.45, 7) is 4.46. The minimum Gasteiger partial charge on any atom is -0.550 e. The van der Waals surface area contributed by atoms with Crippen LogP contribution in [0.25, 0.3) is 0 Å². The number of hydrogen-bond acceptors (Lipinski definition) is 4. The largest absolute Gasteiger partial charge is 2.00 e. The molecule has 0 atom stereocenters. The summed E-state index contributed by atoms with van der Waals surface area (Å²) in [7, 11) is 0. The van der Waals surface area contributed by atoms with Crippen molar-refractivity contribution < 1.29 is 47.5 Å². The van der Waals surface area contributed by atoms with Crippen molar-refractivity contribution in [2.24, 2.45) is 0 Å². The Labute approximate surface area is 274 Å². The SMILES string of the molecule is CCCCCC=CCC=CCCCCCCCC(=O)[O-].CCCCCC=CCC=CCCCCCCCC(=O)[O-].[Hg+2]. The molecule has 4 nitrogen and oxygen atoms in total. The number of carboxylic acid groups (broad SMARTS) is 2. The van der Waals surface area contributed by atoms with Crippen molar-refractivity contribution in [2.75, 3.05) is 0 Å². The van der Waals surface area contributed by atoms with Gasteiger partial charge in [0.1, 0.15) is 0 Å². The van der Waals surface area contributed by atoms with Crippen LogP contribution in [-0.4, -0.2) is 11.9 Å². The maximum Gasteiger partial charge on any atom is 2.00 e. The number of carbonyl (C=O) groups is 2. The van der Waals surface area contributed by atoms with Crippen molar-refractivity contribution in [3.8, 4) is 0 Å². The molecular formula is C36H62HgO4. The summed E-state index contributed by atoms with van der Waals surface area (Å²) in [6.07, 6.45) is 43.9. The number of unbranched alkanes of at least 4 members (excludes halogenated alkanes) is 16. The zero-order chi connectivity index (χ0) is 29.8. The van der Waals surface area contributed by atoms with E-state index in [1.165, 1.54) is 77.0 Å². The van der Waals surface area contributed by atoms with Gasteiger partial charge in [0.05, 0.1) is 0 Å². The van der Waals surface area contributed by atoms with Crippen LogP contribution in [0.4, 0.5) is 0 Å². The molecular weight excluding hydrogens is 697 g/mol. The zero-order valence-corrected chi connectivity index (χ0v) is 32.4. The van der Waals surface area contributed by atoms with E-state index < -0.39 is 11.9 Å². The van der Waals surface area contributed by atoms with E-state index in [1.54, 1.807) is 0 Å². The molecule has 0 radical (unpaired) electrons. The molecule has 0 aliphatic rings. The maximum absolute atomic E-state index is 10.2. The average molecular weight is 759 g/mol. The molecule has 5 heteroatoms. The van der Waals surface area contributed by atoms with E-state index in [0.717, 1.165) is 64.2 Å². The third kappa shape index (κ3) is 48.9. The Kier molecular flexibility index (Phi) is 44.2. The topological polar surface area (TPSA) is 80.3 Å². The van der Waals surface area contributed by atoms with Crippen LogP contribution in [0.5, 0.6) is 0 Å². The van der Waals surface area contributed by atoms with E-state index in [1.807, 2.05) is 0 Å². The second-order valence-corrected chi connectivity index (χ2v) is 10.7. The standard InChI is InChI=1S/2C18H32O2.Hg/c2*1-2-3-4-5-6-7-8-9-10-11-12-13-14-15-16-17-18(19)20;/h2*6-7,9-10H,2-5,8,11-17H2,1H3,(H,19,20);/q;;+2/p-2. The first-order valence-corrected chi connectivity index (χ1v) is 16.5. The molecule has 0 amide bonds. The van der Waals surface area contributed by atoms with Gasteiger partial charge in [-0.2, -0.15) is 0 Å². The molecule has 232 valence electrons. The Balaban J connectivity index is -0.000000688. The fourth-order valence-electron chi connectivity index (χ4n) is 4.16. The van der Waals surface area contributed by atoms with Gasteiger partial charge in [0.15, 0.2) is 0 Å². The van der Waals surface area contributed by atoms with Gasteiger partial charge in [-0.3, -0.25) is 0 Å². The van der Waals surface area contributed by atoms with E-state index in [0.29, 0.717) is 0 Å². The molecule has 0 N–H and O–H groups in total. The predicted molar refractivity (Wildman–Crippen MR) is 169 cm³/mol. The molecule has 0 aromatic heterocycles. The second kappa shape index (κ2) is 41.0. The third-order valence-electron chi connectivity index (χ3n) is 6.66. The summed E-state index contributed by atoms with van der Waals surface area (Å²) in [5.74, 6) is -1.84. The van der Waals surface area contributed by atoms with Crippen LogP contribution in [0.2, 0.25) is 0 Å². The van der Waals surface area contributed by atoms with Crippen LogP contribution in [-0.2, 0) is 37.3 Å². The Bertz CT molecular complexity index is 596. The smallest absolute Gasteiger partial charge is 0.550 e. The summed E-state index contributed by atoms with van der Waals surface area (Å²) in [4.78, 5) is 20.4. The fourth-order valence-corrected chi connectivity index (χ4v) is 4.16. The van der Waals surface area contributed by atoms with Crippen molar-refractivity contribution >= 4 is 11.9 Å². The first kappa shape index (κ1) is 44.3. The van der Waals surface area contributed by atoms with Crippen molar-refractivity contribution in [1.82, 2.24) is 0 Å². The van der Waals surface area contributed by atoms with Gasteiger partial charge in [-0.25, -0.2) is 0 Å². The van der Waals surface area contributed by atoms with Crippen molar-refractivity contribution in [3.63, 3.8) is 0 Å². The monoisotopic (exact) mass is 760 g/mol. The minimum absolute atomic E-state index is 0. The first-order valence-electron chi connectivity index (χ1n) is 16.5. The van der Waals surface area contributed by atoms with E-state index >= 15 is 0 Å². The molecule has 0 rings (SSSR count). The minimum atomic E-state index is -0.921. The predicted octanol–water partition coefficient (Wildman–Crippen LogP) is 9.10. The van der Waals surface area contributed by atoms with Crippen LogP contribution in [0.3, 0.4) is 0 Å². The summed E-state index contributed by atoms with van der Waals surface area (Å²) >= 11 is 0. The van der Waals surface area contributed by atoms with Crippen molar-refractivity contribution in [2.45, 2.75) is 168 Å². The van der Waals surface area contributed by atoms with Crippen LogP contribution < -0.4 is 10.2 Å². The summed E-state index contributed by atoms with van der Waals surface area (Å²) < 4.78 is 0. The van der Waals surface area contributed by atoms with Gasteiger partial charge in [-0.1, -0.05) is 127 Å². The van der Waals surface area contributed by atoms with Crippen LogP contribution in [0.15, 0.2) is 48.6 Å². The zero-order valence-electron chi connectivity index (χ0n) is 26.9. The molecule has 0 aromatic rings. The molecule has 0 saturated carbocycles. The quantitative estimate of drug-likeness (QED) is 0.0453. The van der Waals surface area contributed by atoms with Gasteiger partial charge in [0.25, 0.3) is 0 Å². The molecule has 0 aliphatic heterocycles. The Morgan fingerprint density at radius 1 is 0.415 bits per heavy atom. The van der Waals surface area contributed by atoms with Gasteiger partial charge in [-0.15, -0.1) is 0 Å². The van der Waals surface area contributed by atoms with Gasteiger partial charge >= 0.3 is 27.7 Å². The van der Waals surface area contributed by atoms with E-state index in [2.05, 4.69) is 62.5 Å². The van der Waals surface area contributed by atoms with E-state index in [4.69, 9.17) is 0 Å². The number of carboxylic acids is 2. The maximum atomic E-state index is 10.2. The summed E-state index contributed by atoms with van der Waals surface area (Å²) in [5.41, 5.74) is 0. The first-order chi connectivity index (χ1) is 19.5. The third-order valence-corrected chi connectivity index (χ3v) is 6.66. The summed E-state index contributed by atoms with van der Waals surface area (Å²) in [5, 5.41) is 20.4. The molecule has 0 heterocycles. The number of rotatable bonds is 28. The number of allylic oxidation sites excluding steroid dienone is 8. The molecule has 0 unspecified atom stereocenters. The van der Waals surface area contributed by atoms with Gasteiger partial charge in [-0.05, 0) is 89.9 Å². The van der Waals surface area contributed by atoms with Crippen LogP contribution >= 0.6 is 0 Å². The summed E-state index contributed by atoms with van der Waals surface area (Å²) in [6, 6.07) is 0. The van der Waals surface area contributed by atoms with Gasteiger partial charge < -0.3 is 19.8 Å². The average Bonchev–Trinajstić information content (AvgIpc) is 2.93. The Morgan fingerprint density at radius 3 is 0.976 bits per heavy atom. The molecule has 0 aromatic carbocycles. The Morgan fingerprint density at radius 2 is 0.683 bits per heavy atom. The van der Waals surface area contributed by atoms with E-state index in [9.17, 15) is 19.8 Å². The molecule has 0 saturated heterocycles. The Hall–Kier alpha value is -1.16.